The predicted octanol–water partition coefficient (Wildman–Crippen LogP) is 5.30. The maximum atomic E-state index is 12.6. The summed E-state index contributed by atoms with van der Waals surface area (Å²) >= 11 is 0. The van der Waals surface area contributed by atoms with E-state index >= 15 is 0 Å². The van der Waals surface area contributed by atoms with E-state index in [0.717, 1.165) is 0 Å². The van der Waals surface area contributed by atoms with Crippen molar-refractivity contribution in [1.29, 1.82) is 0 Å². The first kappa shape index (κ1) is 18.9. The van der Waals surface area contributed by atoms with Gasteiger partial charge in [-0.05, 0) is 36.3 Å². The first-order valence-corrected chi connectivity index (χ1v) is 9.36. The van der Waals surface area contributed by atoms with Gasteiger partial charge < -0.3 is 9.15 Å². The van der Waals surface area contributed by atoms with Gasteiger partial charge in [-0.1, -0.05) is 67.6 Å². The van der Waals surface area contributed by atoms with Crippen molar-refractivity contribution in [3.63, 3.8) is 0 Å². The van der Waals surface area contributed by atoms with E-state index in [1.165, 1.54) is 17.4 Å². The molecule has 3 unspecified atom stereocenters. The van der Waals surface area contributed by atoms with E-state index in [-0.39, 0.29) is 17.8 Å². The van der Waals surface area contributed by atoms with Crippen molar-refractivity contribution in [3.05, 3.63) is 90.1 Å². The normalized spacial score (nSPS) is 14.3. The summed E-state index contributed by atoms with van der Waals surface area (Å²) in [5, 5.41) is 0. The van der Waals surface area contributed by atoms with Crippen molar-refractivity contribution in [2.24, 2.45) is 0 Å². The Hall–Kier alpha value is -2.88. The molecule has 140 valence electrons. The molecule has 2 aromatic carbocycles. The molecule has 1 aromatic heterocycles. The first-order valence-electron chi connectivity index (χ1n) is 9.36. The Morgan fingerprint density at radius 1 is 1.04 bits per heavy atom. The molecule has 3 rings (SSSR count). The van der Waals surface area contributed by atoms with Crippen LogP contribution < -0.4 is 0 Å². The minimum atomic E-state index is -0.531. The number of rotatable bonds is 8. The third-order valence-corrected chi connectivity index (χ3v) is 4.97. The Bertz CT molecular complexity index is 815. The minimum absolute atomic E-state index is 0.120. The van der Waals surface area contributed by atoms with Crippen LogP contribution in [0.1, 0.15) is 55.0 Å². The van der Waals surface area contributed by atoms with Crippen LogP contribution in [0.3, 0.4) is 0 Å². The maximum Gasteiger partial charge on any atom is 0.318 e. The Labute approximate surface area is 160 Å². The monoisotopic (exact) mass is 363 g/mol. The van der Waals surface area contributed by atoms with E-state index in [9.17, 15) is 4.79 Å². The second-order valence-corrected chi connectivity index (χ2v) is 6.63. The number of aromatic nitrogens is 1. The summed E-state index contributed by atoms with van der Waals surface area (Å²) in [5.74, 6) is -0.0671. The fraction of sp³-hybridized carbons (Fsp3) is 0.304. The fourth-order valence-electron chi connectivity index (χ4n) is 3.52. The van der Waals surface area contributed by atoms with Gasteiger partial charge in [-0.15, -0.1) is 0 Å². The maximum absolute atomic E-state index is 12.6. The van der Waals surface area contributed by atoms with Gasteiger partial charge in [-0.3, -0.25) is 4.79 Å². The van der Waals surface area contributed by atoms with Gasteiger partial charge in [-0.25, -0.2) is 4.98 Å². The molecule has 0 fully saturated rings. The van der Waals surface area contributed by atoms with Crippen LogP contribution >= 0.6 is 0 Å². The quantitative estimate of drug-likeness (QED) is 0.510. The van der Waals surface area contributed by atoms with Gasteiger partial charge in [0.05, 0.1) is 12.8 Å². The smallest absolute Gasteiger partial charge is 0.318 e. The summed E-state index contributed by atoms with van der Waals surface area (Å²) in [5.41, 5.74) is 2.43. The van der Waals surface area contributed by atoms with Crippen LogP contribution in [0, 0.1) is 0 Å². The molecule has 0 aliphatic heterocycles. The SMILES string of the molecule is CCOC(=O)C(CC(c1ccccc1)C(C)c1ccccc1)c1ncco1. The Morgan fingerprint density at radius 3 is 2.22 bits per heavy atom. The summed E-state index contributed by atoms with van der Waals surface area (Å²) in [7, 11) is 0. The highest BCUT2D eigenvalue weighted by Crippen LogP contribution is 2.40. The average Bonchev–Trinajstić information content (AvgIpc) is 3.24. The molecule has 0 radical (unpaired) electrons. The molecule has 0 bridgehead atoms. The number of benzene rings is 2. The molecule has 0 N–H and O–H groups in total. The molecule has 4 heteroatoms. The predicted molar refractivity (Wildman–Crippen MR) is 105 cm³/mol. The van der Waals surface area contributed by atoms with Gasteiger partial charge in [0, 0.05) is 0 Å². The van der Waals surface area contributed by atoms with Gasteiger partial charge in [-0.2, -0.15) is 0 Å². The van der Waals surface area contributed by atoms with Crippen LogP contribution in [0.15, 0.2) is 77.5 Å². The lowest BCUT2D eigenvalue weighted by atomic mass is 9.77. The largest absolute Gasteiger partial charge is 0.465 e. The molecule has 27 heavy (non-hydrogen) atoms. The van der Waals surface area contributed by atoms with Crippen LogP contribution in [0.2, 0.25) is 0 Å². The average molecular weight is 363 g/mol. The van der Waals surface area contributed by atoms with E-state index in [1.807, 2.05) is 43.3 Å². The molecule has 0 saturated heterocycles. The number of oxazole rings is 1. The van der Waals surface area contributed by atoms with Crippen LogP contribution in [0.5, 0.6) is 0 Å². The number of carbonyl (C=O) groups excluding carboxylic acids is 1. The van der Waals surface area contributed by atoms with Crippen LogP contribution in [0.4, 0.5) is 0 Å². The van der Waals surface area contributed by atoms with Crippen molar-refractivity contribution in [2.45, 2.75) is 38.0 Å². The highest BCUT2D eigenvalue weighted by Gasteiger charge is 2.33. The number of carbonyl (C=O) groups is 1. The van der Waals surface area contributed by atoms with Gasteiger partial charge >= 0.3 is 5.97 Å². The summed E-state index contributed by atoms with van der Waals surface area (Å²) in [6.45, 7) is 4.34. The van der Waals surface area contributed by atoms with Crippen molar-refractivity contribution in [3.8, 4) is 0 Å². The number of ether oxygens (including phenoxy) is 1. The first-order chi connectivity index (χ1) is 13.2. The lowest BCUT2D eigenvalue weighted by molar-refractivity contribution is -0.145. The lowest BCUT2D eigenvalue weighted by Gasteiger charge is -2.27. The van der Waals surface area contributed by atoms with Crippen LogP contribution in [0.25, 0.3) is 0 Å². The molecule has 3 aromatic rings. The zero-order valence-electron chi connectivity index (χ0n) is 15.7. The van der Waals surface area contributed by atoms with Crippen molar-refractivity contribution >= 4 is 5.97 Å². The fourth-order valence-corrected chi connectivity index (χ4v) is 3.52. The molecule has 0 saturated carbocycles. The molecule has 0 aliphatic rings. The van der Waals surface area contributed by atoms with Crippen molar-refractivity contribution in [2.75, 3.05) is 6.61 Å². The zero-order valence-corrected chi connectivity index (χ0v) is 15.7. The number of nitrogens with zero attached hydrogens (tertiary/aromatic N) is 1. The lowest BCUT2D eigenvalue weighted by Crippen LogP contribution is -2.21. The number of hydrogen-bond acceptors (Lipinski definition) is 4. The van der Waals surface area contributed by atoms with Gasteiger partial charge in [0.15, 0.2) is 0 Å². The standard InChI is InChI=1S/C23H25NO3/c1-3-26-23(25)21(22-24-14-15-27-22)16-20(19-12-8-5-9-13-19)17(2)18-10-6-4-7-11-18/h4-15,17,20-21H,3,16H2,1-2H3. The second-order valence-electron chi connectivity index (χ2n) is 6.63. The second kappa shape index (κ2) is 9.17. The van der Waals surface area contributed by atoms with Crippen molar-refractivity contribution in [1.82, 2.24) is 4.98 Å². The molecule has 3 atom stereocenters. The molecular weight excluding hydrogens is 338 g/mol. The summed E-state index contributed by atoms with van der Waals surface area (Å²) in [6.07, 6.45) is 3.64. The van der Waals surface area contributed by atoms with E-state index in [4.69, 9.17) is 9.15 Å². The molecular formula is C23H25NO3. The van der Waals surface area contributed by atoms with Crippen LogP contribution in [-0.2, 0) is 9.53 Å². The van der Waals surface area contributed by atoms with E-state index in [2.05, 4.69) is 36.2 Å². The van der Waals surface area contributed by atoms with Gasteiger partial charge in [0.2, 0.25) is 5.89 Å². The molecule has 0 amide bonds. The molecule has 0 spiro atoms. The number of esters is 1. The molecule has 0 aliphatic carbocycles. The third kappa shape index (κ3) is 4.64. The Morgan fingerprint density at radius 2 is 1.67 bits per heavy atom. The van der Waals surface area contributed by atoms with E-state index < -0.39 is 5.92 Å². The highest BCUT2D eigenvalue weighted by molar-refractivity contribution is 5.77. The minimum Gasteiger partial charge on any atom is -0.465 e. The summed E-state index contributed by atoms with van der Waals surface area (Å²) in [6, 6.07) is 20.7. The van der Waals surface area contributed by atoms with Crippen molar-refractivity contribution < 1.29 is 13.9 Å². The van der Waals surface area contributed by atoms with Gasteiger partial charge in [0.25, 0.3) is 0 Å². The Balaban J connectivity index is 1.95. The number of hydrogen-bond donors (Lipinski definition) is 0. The molecule has 4 nitrogen and oxygen atoms in total. The molecule has 1 heterocycles. The van der Waals surface area contributed by atoms with Crippen LogP contribution in [-0.4, -0.2) is 17.6 Å². The van der Waals surface area contributed by atoms with Gasteiger partial charge in [0.1, 0.15) is 12.2 Å². The summed E-state index contributed by atoms with van der Waals surface area (Å²) in [4.78, 5) is 16.9. The third-order valence-electron chi connectivity index (χ3n) is 4.97. The van der Waals surface area contributed by atoms with E-state index in [0.29, 0.717) is 18.9 Å². The zero-order chi connectivity index (χ0) is 19.1. The Kier molecular flexibility index (Phi) is 6.42. The topological polar surface area (TPSA) is 52.3 Å². The van der Waals surface area contributed by atoms with E-state index in [1.54, 1.807) is 6.20 Å². The summed E-state index contributed by atoms with van der Waals surface area (Å²) < 4.78 is 10.8. The highest BCUT2D eigenvalue weighted by atomic mass is 16.5.